The Bertz CT molecular complexity index is 905. The topological polar surface area (TPSA) is 53.4 Å². The predicted molar refractivity (Wildman–Crippen MR) is 118 cm³/mol. The monoisotopic (exact) mass is 515 g/mol. The molecule has 0 spiro atoms. The molecule has 1 aromatic carbocycles. The SMILES string of the molecule is CC(C)c1nc2c(c(I)c1[C@@H](O)c1ccc(C(C)(F)F)cc1)[C@@H](O)CC(C)(C)C2. The number of nitrogens with zero attached hydrogens (tertiary/aromatic N) is 1. The smallest absolute Gasteiger partial charge is 0.270 e. The van der Waals surface area contributed by atoms with E-state index in [2.05, 4.69) is 36.4 Å². The Morgan fingerprint density at radius 3 is 2.31 bits per heavy atom. The van der Waals surface area contributed by atoms with Crippen LogP contribution in [0.5, 0.6) is 0 Å². The number of fused-ring (bicyclic) bond motifs is 1. The van der Waals surface area contributed by atoms with Crippen molar-refractivity contribution in [1.82, 2.24) is 4.98 Å². The maximum atomic E-state index is 13.5. The molecule has 6 heteroatoms. The zero-order valence-corrected chi connectivity index (χ0v) is 19.6. The van der Waals surface area contributed by atoms with Crippen LogP contribution in [0.3, 0.4) is 0 Å². The molecule has 158 valence electrons. The maximum absolute atomic E-state index is 13.5. The Labute approximate surface area is 184 Å². The zero-order chi connectivity index (χ0) is 21.7. The van der Waals surface area contributed by atoms with Crippen LogP contribution >= 0.6 is 22.6 Å². The molecule has 2 atom stereocenters. The standard InChI is InChI=1S/C23H28F2INO2/c1-12(2)20-18(21(29)13-6-8-14(9-7-13)23(5,24)25)19(26)17-15(27-20)10-22(3,4)11-16(17)28/h6-9,12,16,21,28-29H,10-11H2,1-5H3/t16-,21-/m0/s1. The molecule has 0 saturated carbocycles. The number of aliphatic hydroxyl groups excluding tert-OH is 2. The lowest BCUT2D eigenvalue weighted by Crippen LogP contribution is -2.29. The van der Waals surface area contributed by atoms with Crippen molar-refractivity contribution in [2.75, 3.05) is 0 Å². The van der Waals surface area contributed by atoms with E-state index >= 15 is 0 Å². The second kappa shape index (κ2) is 7.85. The molecule has 0 amide bonds. The van der Waals surface area contributed by atoms with Crippen LogP contribution in [0.25, 0.3) is 0 Å². The van der Waals surface area contributed by atoms with Gasteiger partial charge in [0.05, 0.1) is 11.8 Å². The first kappa shape index (κ1) is 22.6. The molecule has 1 aliphatic carbocycles. The largest absolute Gasteiger partial charge is 0.388 e. The third-order valence-electron chi connectivity index (χ3n) is 5.59. The van der Waals surface area contributed by atoms with Gasteiger partial charge in [0.15, 0.2) is 0 Å². The average Bonchev–Trinajstić information content (AvgIpc) is 2.58. The van der Waals surface area contributed by atoms with Gasteiger partial charge in [-0.1, -0.05) is 52.0 Å². The van der Waals surface area contributed by atoms with Crippen LogP contribution in [0.1, 0.15) is 92.8 Å². The van der Waals surface area contributed by atoms with E-state index in [1.165, 1.54) is 24.3 Å². The highest BCUT2D eigenvalue weighted by molar-refractivity contribution is 14.1. The Kier molecular flexibility index (Phi) is 6.11. The first-order valence-electron chi connectivity index (χ1n) is 9.88. The molecule has 2 aromatic rings. The summed E-state index contributed by atoms with van der Waals surface area (Å²) in [5.41, 5.74) is 3.53. The number of rotatable bonds is 4. The number of aliphatic hydroxyl groups is 2. The van der Waals surface area contributed by atoms with Crippen LogP contribution in [0.2, 0.25) is 0 Å². The summed E-state index contributed by atoms with van der Waals surface area (Å²) >= 11 is 2.19. The van der Waals surface area contributed by atoms with Gasteiger partial charge in [-0.25, -0.2) is 8.78 Å². The van der Waals surface area contributed by atoms with Crippen molar-refractivity contribution < 1.29 is 19.0 Å². The lowest BCUT2D eigenvalue weighted by Gasteiger charge is -2.36. The van der Waals surface area contributed by atoms with Crippen molar-refractivity contribution in [2.24, 2.45) is 5.41 Å². The Morgan fingerprint density at radius 2 is 1.79 bits per heavy atom. The molecule has 0 saturated heterocycles. The van der Waals surface area contributed by atoms with Crippen molar-refractivity contribution in [1.29, 1.82) is 0 Å². The molecule has 0 unspecified atom stereocenters. The number of benzene rings is 1. The number of aromatic nitrogens is 1. The van der Waals surface area contributed by atoms with E-state index in [-0.39, 0.29) is 16.9 Å². The van der Waals surface area contributed by atoms with Gasteiger partial charge < -0.3 is 10.2 Å². The minimum atomic E-state index is -2.93. The van der Waals surface area contributed by atoms with Crippen molar-refractivity contribution in [3.8, 4) is 0 Å². The maximum Gasteiger partial charge on any atom is 0.270 e. The summed E-state index contributed by atoms with van der Waals surface area (Å²) in [4.78, 5) is 4.88. The highest BCUT2D eigenvalue weighted by Gasteiger charge is 2.36. The van der Waals surface area contributed by atoms with Crippen LogP contribution in [0, 0.1) is 8.99 Å². The van der Waals surface area contributed by atoms with Gasteiger partial charge in [0.1, 0.15) is 6.10 Å². The van der Waals surface area contributed by atoms with E-state index in [4.69, 9.17) is 4.98 Å². The van der Waals surface area contributed by atoms with Gasteiger partial charge in [-0.2, -0.15) is 0 Å². The molecule has 1 heterocycles. The van der Waals surface area contributed by atoms with Gasteiger partial charge >= 0.3 is 0 Å². The molecule has 0 fully saturated rings. The van der Waals surface area contributed by atoms with E-state index in [0.717, 1.165) is 33.9 Å². The highest BCUT2D eigenvalue weighted by atomic mass is 127. The van der Waals surface area contributed by atoms with Crippen LogP contribution in [-0.4, -0.2) is 15.2 Å². The number of halogens is 3. The summed E-state index contributed by atoms with van der Waals surface area (Å²) in [6.45, 7) is 9.14. The summed E-state index contributed by atoms with van der Waals surface area (Å²) < 4.78 is 27.9. The Hall–Kier alpha value is -1.12. The lowest BCUT2D eigenvalue weighted by atomic mass is 9.74. The molecule has 29 heavy (non-hydrogen) atoms. The summed E-state index contributed by atoms with van der Waals surface area (Å²) in [5, 5.41) is 22.0. The van der Waals surface area contributed by atoms with Gasteiger partial charge in [0.25, 0.3) is 5.92 Å². The first-order chi connectivity index (χ1) is 13.3. The van der Waals surface area contributed by atoms with E-state index in [9.17, 15) is 19.0 Å². The number of alkyl halides is 2. The fourth-order valence-electron chi connectivity index (χ4n) is 4.10. The van der Waals surface area contributed by atoms with Crippen molar-refractivity contribution >= 4 is 22.6 Å². The lowest BCUT2D eigenvalue weighted by molar-refractivity contribution is 0.0174. The van der Waals surface area contributed by atoms with Gasteiger partial charge in [-0.05, 0) is 52.3 Å². The predicted octanol–water partition coefficient (Wildman–Crippen LogP) is 6.01. The van der Waals surface area contributed by atoms with Crippen LogP contribution in [-0.2, 0) is 12.3 Å². The normalized spacial score (nSPS) is 19.9. The van der Waals surface area contributed by atoms with Crippen LogP contribution < -0.4 is 0 Å². The molecule has 0 bridgehead atoms. The summed E-state index contributed by atoms with van der Waals surface area (Å²) in [7, 11) is 0. The van der Waals surface area contributed by atoms with Crippen molar-refractivity contribution in [3.05, 3.63) is 61.5 Å². The van der Waals surface area contributed by atoms with Gasteiger partial charge in [-0.3, -0.25) is 4.98 Å². The van der Waals surface area contributed by atoms with Crippen molar-refractivity contribution in [3.63, 3.8) is 0 Å². The molecule has 3 rings (SSSR count). The number of hydrogen-bond donors (Lipinski definition) is 2. The van der Waals surface area contributed by atoms with Crippen LogP contribution in [0.4, 0.5) is 8.78 Å². The number of hydrogen-bond acceptors (Lipinski definition) is 3. The van der Waals surface area contributed by atoms with Gasteiger partial charge in [-0.15, -0.1) is 0 Å². The van der Waals surface area contributed by atoms with Gasteiger partial charge in [0, 0.05) is 32.9 Å². The van der Waals surface area contributed by atoms with E-state index < -0.39 is 18.1 Å². The average molecular weight is 515 g/mol. The quantitative estimate of drug-likeness (QED) is 0.491. The molecule has 2 N–H and O–H groups in total. The Balaban J connectivity index is 2.12. The molecule has 0 radical (unpaired) electrons. The molecule has 0 aliphatic heterocycles. The third-order valence-corrected chi connectivity index (χ3v) is 6.76. The first-order valence-corrected chi connectivity index (χ1v) is 11.0. The van der Waals surface area contributed by atoms with Gasteiger partial charge in [0.2, 0.25) is 0 Å². The molecule has 1 aromatic heterocycles. The fraction of sp³-hybridized carbons (Fsp3) is 0.522. The van der Waals surface area contributed by atoms with E-state index in [1.54, 1.807) is 0 Å². The highest BCUT2D eigenvalue weighted by Crippen LogP contribution is 2.45. The zero-order valence-electron chi connectivity index (χ0n) is 17.4. The fourth-order valence-corrected chi connectivity index (χ4v) is 5.34. The second-order valence-electron chi connectivity index (χ2n) is 9.21. The number of pyridine rings is 1. The summed E-state index contributed by atoms with van der Waals surface area (Å²) in [5.74, 6) is -2.86. The second-order valence-corrected chi connectivity index (χ2v) is 10.3. The minimum absolute atomic E-state index is 0.0436. The summed E-state index contributed by atoms with van der Waals surface area (Å²) in [6, 6.07) is 5.78. The summed E-state index contributed by atoms with van der Waals surface area (Å²) in [6.07, 6.45) is -0.236. The Morgan fingerprint density at radius 1 is 1.21 bits per heavy atom. The minimum Gasteiger partial charge on any atom is -0.388 e. The van der Waals surface area contributed by atoms with E-state index in [0.29, 0.717) is 17.5 Å². The molecular formula is C23H28F2INO2. The van der Waals surface area contributed by atoms with Crippen LogP contribution in [0.15, 0.2) is 24.3 Å². The molecule has 1 aliphatic rings. The van der Waals surface area contributed by atoms with Crippen molar-refractivity contribution in [2.45, 2.75) is 71.5 Å². The molecule has 3 nitrogen and oxygen atoms in total. The van der Waals surface area contributed by atoms with E-state index in [1.807, 2.05) is 13.8 Å². The molecular weight excluding hydrogens is 487 g/mol. The third kappa shape index (κ3) is 4.49.